The molecular weight excluding hydrogens is 610 g/mol. The molecule has 1 aromatic carbocycles. The van der Waals surface area contributed by atoms with Gasteiger partial charge in [-0.05, 0) is 105 Å². The van der Waals surface area contributed by atoms with E-state index in [9.17, 15) is 9.65 Å². The maximum absolute atomic E-state index is 13.6. The summed E-state index contributed by atoms with van der Waals surface area (Å²) in [6, 6.07) is 14.8. The minimum absolute atomic E-state index is 0.266. The number of aromatic nitrogens is 4. The Balaban J connectivity index is 0.972. The van der Waals surface area contributed by atoms with Crippen LogP contribution in [0.25, 0.3) is 27.3 Å². The summed E-state index contributed by atoms with van der Waals surface area (Å²) < 4.78 is 13.6. The van der Waals surface area contributed by atoms with E-state index in [0.717, 1.165) is 90.4 Å². The van der Waals surface area contributed by atoms with E-state index in [0.29, 0.717) is 36.0 Å². The Hall–Kier alpha value is -4.79. The monoisotopic (exact) mass is 647 g/mol. The van der Waals surface area contributed by atoms with Crippen LogP contribution in [0.4, 0.5) is 15.9 Å². The molecule has 1 aliphatic heterocycles. The van der Waals surface area contributed by atoms with Crippen LogP contribution in [0, 0.1) is 23.1 Å². The van der Waals surface area contributed by atoms with Crippen molar-refractivity contribution in [1.82, 2.24) is 30.2 Å². The second-order valence-electron chi connectivity index (χ2n) is 12.4. The van der Waals surface area contributed by atoms with Crippen LogP contribution in [0.2, 0.25) is 0 Å². The molecule has 0 unspecified atom stereocenters. The van der Waals surface area contributed by atoms with Crippen LogP contribution in [0.15, 0.2) is 66.6 Å². The van der Waals surface area contributed by atoms with Gasteiger partial charge in [-0.2, -0.15) is 5.26 Å². The second kappa shape index (κ2) is 13.9. The molecule has 47 heavy (non-hydrogen) atoms. The first-order valence-electron chi connectivity index (χ1n) is 16.3. The molecule has 4 aromatic heterocycles. The molecule has 5 heterocycles. The molecule has 11 heteroatoms. The number of rotatable bonds is 11. The highest BCUT2D eigenvalue weighted by Crippen LogP contribution is 2.34. The van der Waals surface area contributed by atoms with E-state index in [2.05, 4.69) is 36.6 Å². The van der Waals surface area contributed by atoms with Crippen molar-refractivity contribution in [2.45, 2.75) is 45.1 Å². The first-order chi connectivity index (χ1) is 23.0. The number of benzene rings is 1. The molecule has 0 spiro atoms. The number of allylic oxidation sites excluding steroid dienone is 1. The van der Waals surface area contributed by atoms with Gasteiger partial charge in [-0.15, -0.1) is 11.3 Å². The average molecular weight is 648 g/mol. The molecule has 9 nitrogen and oxygen atoms in total. The summed E-state index contributed by atoms with van der Waals surface area (Å²) in [5.74, 6) is 0.790. The minimum Gasteiger partial charge on any atom is -0.397 e. The molecular formula is C36H38FN9S. The zero-order valence-corrected chi connectivity index (χ0v) is 27.0. The number of pyridine rings is 2. The van der Waals surface area contributed by atoms with Crippen molar-refractivity contribution < 1.29 is 4.39 Å². The van der Waals surface area contributed by atoms with Gasteiger partial charge in [0.1, 0.15) is 28.3 Å². The van der Waals surface area contributed by atoms with Gasteiger partial charge in [-0.1, -0.05) is 6.07 Å². The lowest BCUT2D eigenvalue weighted by Crippen LogP contribution is -2.36. The molecule has 1 aliphatic carbocycles. The van der Waals surface area contributed by atoms with Gasteiger partial charge in [0, 0.05) is 54.0 Å². The summed E-state index contributed by atoms with van der Waals surface area (Å²) in [5, 5.41) is 19.0. The van der Waals surface area contributed by atoms with Gasteiger partial charge in [0.05, 0.1) is 22.8 Å². The summed E-state index contributed by atoms with van der Waals surface area (Å²) in [5.41, 5.74) is 13.2. The number of likely N-dealkylation sites (tertiary alicyclic amines) is 1. The van der Waals surface area contributed by atoms with Gasteiger partial charge in [-0.25, -0.2) is 14.4 Å². The van der Waals surface area contributed by atoms with Gasteiger partial charge in [-0.3, -0.25) is 9.88 Å². The predicted octanol–water partition coefficient (Wildman–Crippen LogP) is 6.73. The first kappa shape index (κ1) is 30.8. The average Bonchev–Trinajstić information content (AvgIpc) is 3.70. The highest BCUT2D eigenvalue weighted by atomic mass is 32.1. The molecule has 0 bridgehead atoms. The van der Waals surface area contributed by atoms with Crippen LogP contribution >= 0.6 is 11.3 Å². The van der Waals surface area contributed by atoms with E-state index >= 15 is 0 Å². The van der Waals surface area contributed by atoms with Crippen molar-refractivity contribution in [2.75, 3.05) is 37.2 Å². The van der Waals surface area contributed by atoms with Gasteiger partial charge >= 0.3 is 0 Å². The first-order valence-corrected chi connectivity index (χ1v) is 17.1. The van der Waals surface area contributed by atoms with Crippen LogP contribution in [-0.2, 0) is 13.0 Å². The van der Waals surface area contributed by atoms with Crippen LogP contribution in [0.3, 0.4) is 0 Å². The molecule has 5 aromatic rings. The van der Waals surface area contributed by atoms with Crippen LogP contribution < -0.4 is 16.4 Å². The molecule has 0 radical (unpaired) electrons. The number of nitrogens with two attached hydrogens (primary N) is 1. The smallest absolute Gasteiger partial charge is 0.146 e. The Morgan fingerprint density at radius 3 is 2.79 bits per heavy atom. The van der Waals surface area contributed by atoms with E-state index in [-0.39, 0.29) is 5.82 Å². The molecule has 0 amide bonds. The highest BCUT2D eigenvalue weighted by molar-refractivity contribution is 7.14. The van der Waals surface area contributed by atoms with Crippen molar-refractivity contribution >= 4 is 39.4 Å². The molecule has 0 atom stereocenters. The largest absolute Gasteiger partial charge is 0.397 e. The Morgan fingerprint density at radius 1 is 1.15 bits per heavy atom. The molecule has 240 valence electrons. The van der Waals surface area contributed by atoms with E-state index in [1.807, 2.05) is 42.9 Å². The quantitative estimate of drug-likeness (QED) is 0.124. The zero-order valence-electron chi connectivity index (χ0n) is 26.2. The van der Waals surface area contributed by atoms with Gasteiger partial charge < -0.3 is 21.4 Å². The van der Waals surface area contributed by atoms with E-state index in [1.165, 1.54) is 29.0 Å². The number of nitrogen functional groups attached to an aromatic ring is 1. The maximum Gasteiger partial charge on any atom is 0.146 e. The summed E-state index contributed by atoms with van der Waals surface area (Å²) in [7, 11) is 0. The molecule has 1 saturated carbocycles. The fraction of sp³-hybridized carbons (Fsp3) is 0.333. The van der Waals surface area contributed by atoms with Crippen molar-refractivity contribution in [2.24, 2.45) is 5.92 Å². The van der Waals surface area contributed by atoms with Crippen LogP contribution in [0.1, 0.15) is 53.8 Å². The second-order valence-corrected chi connectivity index (χ2v) is 13.5. The Kier molecular flexibility index (Phi) is 9.13. The number of nitrogens with one attached hydrogen (secondary N) is 3. The maximum atomic E-state index is 13.6. The van der Waals surface area contributed by atoms with E-state index < -0.39 is 0 Å². The van der Waals surface area contributed by atoms with Crippen LogP contribution in [0.5, 0.6) is 0 Å². The fourth-order valence-electron chi connectivity index (χ4n) is 6.42. The Bertz CT molecular complexity index is 1930. The lowest BCUT2D eigenvalue weighted by Gasteiger charge is -2.32. The third-order valence-corrected chi connectivity index (χ3v) is 10.2. The third kappa shape index (κ3) is 6.99. The van der Waals surface area contributed by atoms with Gasteiger partial charge in [0.25, 0.3) is 0 Å². The van der Waals surface area contributed by atoms with Crippen molar-refractivity contribution in [3.8, 4) is 16.8 Å². The minimum atomic E-state index is -0.266. The number of fused-ring (bicyclic) bond motifs is 1. The van der Waals surface area contributed by atoms with Crippen molar-refractivity contribution in [1.29, 1.82) is 5.26 Å². The summed E-state index contributed by atoms with van der Waals surface area (Å²) in [6.07, 6.45) is 11.9. The third-order valence-electron chi connectivity index (χ3n) is 9.24. The molecule has 2 fully saturated rings. The number of hydrogen-bond acceptors (Lipinski definition) is 9. The number of thiazole rings is 1. The normalized spacial score (nSPS) is 15.4. The van der Waals surface area contributed by atoms with Gasteiger partial charge in [0.2, 0.25) is 0 Å². The molecule has 2 aliphatic rings. The molecule has 1 saturated heterocycles. The van der Waals surface area contributed by atoms with Crippen molar-refractivity contribution in [3.05, 3.63) is 94.1 Å². The number of nitriles is 1. The van der Waals surface area contributed by atoms with E-state index in [1.54, 1.807) is 17.4 Å². The highest BCUT2D eigenvalue weighted by Gasteiger charge is 2.24. The lowest BCUT2D eigenvalue weighted by atomic mass is 9.88. The Labute approximate surface area is 277 Å². The number of piperidine rings is 1. The Morgan fingerprint density at radius 2 is 2.02 bits per heavy atom. The SMILES string of the molecule is N#Cc1c(N)cc(C(NCC2CCN(Cc3cnc(-c4ccccn4)s3)CC2)=C2CCC2)nc1NCCc1c[nH]c2cc(F)ccc12. The van der Waals surface area contributed by atoms with Gasteiger partial charge in [0.15, 0.2) is 0 Å². The lowest BCUT2D eigenvalue weighted by molar-refractivity contribution is 0.179. The predicted molar refractivity (Wildman–Crippen MR) is 186 cm³/mol. The standard InChI is InChI=1S/C36H38FN9S/c37-26-7-8-28-25(20-42-32(28)16-26)9-13-41-35-29(18-38)30(39)17-33(45-35)34(24-4-3-5-24)43-19-23-10-14-46(15-11-23)22-27-21-44-36(47-27)31-6-1-2-12-40-31/h1-2,6-8,12,16-17,20-21,23,42-43H,3-5,9-11,13-15,19,22H2,(H3,39,41,45). The number of anilines is 2. The van der Waals surface area contributed by atoms with Crippen molar-refractivity contribution in [3.63, 3.8) is 0 Å². The summed E-state index contributed by atoms with van der Waals surface area (Å²) in [4.78, 5) is 20.9. The summed E-state index contributed by atoms with van der Waals surface area (Å²) >= 11 is 1.72. The number of aromatic amines is 1. The number of halogens is 1. The zero-order chi connectivity index (χ0) is 32.2. The number of H-pyrrole nitrogens is 1. The molecule has 7 rings (SSSR count). The number of nitrogens with zero attached hydrogens (tertiary/aromatic N) is 5. The topological polar surface area (TPSA) is 132 Å². The van der Waals surface area contributed by atoms with Crippen LogP contribution in [-0.4, -0.2) is 51.0 Å². The van der Waals surface area contributed by atoms with E-state index in [4.69, 9.17) is 10.7 Å². The molecule has 5 N–H and O–H groups in total. The summed E-state index contributed by atoms with van der Waals surface area (Å²) in [6.45, 7) is 4.46. The fourth-order valence-corrected chi connectivity index (χ4v) is 7.35. The number of hydrogen-bond donors (Lipinski definition) is 4.